The van der Waals surface area contributed by atoms with Crippen LogP contribution < -0.4 is 4.74 Å². The van der Waals surface area contributed by atoms with Gasteiger partial charge in [0.05, 0.1) is 6.10 Å². The maximum Gasteiger partial charge on any atom is 0.167 e. The molecule has 0 heterocycles. The predicted octanol–water partition coefficient (Wildman–Crippen LogP) is 3.85. The molecule has 0 saturated heterocycles. The van der Waals surface area contributed by atoms with Gasteiger partial charge in [0, 0.05) is 0 Å². The van der Waals surface area contributed by atoms with Crippen LogP contribution in [-0.4, -0.2) is 6.10 Å². The molecule has 1 fully saturated rings. The Morgan fingerprint density at radius 2 is 1.93 bits per heavy atom. The standard InChI is InChI=1S/C13H17FO/c1-10-6-5-9-12(13(10)14)15-11-7-3-2-4-8-11/h5-6,9,11H,2-4,7-8H2,1H3. The van der Waals surface area contributed by atoms with Crippen LogP contribution in [0.15, 0.2) is 18.2 Å². The lowest BCUT2D eigenvalue weighted by Crippen LogP contribution is -2.20. The van der Waals surface area contributed by atoms with Gasteiger partial charge >= 0.3 is 0 Å². The number of hydrogen-bond acceptors (Lipinski definition) is 1. The highest BCUT2D eigenvalue weighted by atomic mass is 19.1. The molecule has 0 aromatic heterocycles. The lowest BCUT2D eigenvalue weighted by atomic mass is 9.98. The van der Waals surface area contributed by atoms with E-state index in [1.54, 1.807) is 19.1 Å². The Hall–Kier alpha value is -1.05. The van der Waals surface area contributed by atoms with Gasteiger partial charge in [-0.1, -0.05) is 18.6 Å². The summed E-state index contributed by atoms with van der Waals surface area (Å²) >= 11 is 0. The van der Waals surface area contributed by atoms with Gasteiger partial charge in [0.15, 0.2) is 11.6 Å². The summed E-state index contributed by atoms with van der Waals surface area (Å²) < 4.78 is 19.3. The Morgan fingerprint density at radius 1 is 1.20 bits per heavy atom. The molecular weight excluding hydrogens is 191 g/mol. The van der Waals surface area contributed by atoms with E-state index in [9.17, 15) is 4.39 Å². The fraction of sp³-hybridized carbons (Fsp3) is 0.538. The summed E-state index contributed by atoms with van der Waals surface area (Å²) in [6, 6.07) is 5.33. The zero-order valence-electron chi connectivity index (χ0n) is 9.13. The molecule has 1 aliphatic carbocycles. The van der Waals surface area contributed by atoms with E-state index in [0.29, 0.717) is 11.3 Å². The fourth-order valence-corrected chi connectivity index (χ4v) is 2.07. The summed E-state index contributed by atoms with van der Waals surface area (Å²) in [5, 5.41) is 0. The van der Waals surface area contributed by atoms with Gasteiger partial charge in [-0.25, -0.2) is 4.39 Å². The van der Waals surface area contributed by atoms with E-state index in [-0.39, 0.29) is 11.9 Å². The highest BCUT2D eigenvalue weighted by molar-refractivity contribution is 5.30. The number of halogens is 1. The van der Waals surface area contributed by atoms with Gasteiger partial charge in [0.2, 0.25) is 0 Å². The van der Waals surface area contributed by atoms with Gasteiger partial charge in [-0.2, -0.15) is 0 Å². The average molecular weight is 208 g/mol. The number of ether oxygens (including phenoxy) is 1. The molecule has 2 heteroatoms. The van der Waals surface area contributed by atoms with Crippen molar-refractivity contribution in [2.45, 2.75) is 45.1 Å². The second kappa shape index (κ2) is 4.65. The third kappa shape index (κ3) is 2.49. The van der Waals surface area contributed by atoms with Crippen LogP contribution in [0.2, 0.25) is 0 Å². The summed E-state index contributed by atoms with van der Waals surface area (Å²) in [7, 11) is 0. The van der Waals surface area contributed by atoms with E-state index >= 15 is 0 Å². The Morgan fingerprint density at radius 3 is 2.67 bits per heavy atom. The van der Waals surface area contributed by atoms with E-state index < -0.39 is 0 Å². The quantitative estimate of drug-likeness (QED) is 0.717. The Bertz CT molecular complexity index is 329. The molecule has 0 radical (unpaired) electrons. The fourth-order valence-electron chi connectivity index (χ4n) is 2.07. The van der Waals surface area contributed by atoms with Crippen LogP contribution >= 0.6 is 0 Å². The van der Waals surface area contributed by atoms with Gasteiger partial charge in [-0.3, -0.25) is 0 Å². The molecule has 0 aliphatic heterocycles. The molecule has 15 heavy (non-hydrogen) atoms. The summed E-state index contributed by atoms with van der Waals surface area (Å²) in [6.45, 7) is 1.77. The van der Waals surface area contributed by atoms with Crippen molar-refractivity contribution in [1.82, 2.24) is 0 Å². The van der Waals surface area contributed by atoms with Crippen molar-refractivity contribution in [2.75, 3.05) is 0 Å². The smallest absolute Gasteiger partial charge is 0.167 e. The zero-order chi connectivity index (χ0) is 10.7. The van der Waals surface area contributed by atoms with Gasteiger partial charge in [0.1, 0.15) is 0 Å². The molecule has 1 aromatic rings. The molecule has 0 unspecified atom stereocenters. The molecule has 0 spiro atoms. The van der Waals surface area contributed by atoms with Crippen LogP contribution in [0.3, 0.4) is 0 Å². The third-order valence-electron chi connectivity index (χ3n) is 3.00. The number of rotatable bonds is 2. The first-order chi connectivity index (χ1) is 7.27. The lowest BCUT2D eigenvalue weighted by Gasteiger charge is -2.23. The molecule has 0 amide bonds. The van der Waals surface area contributed by atoms with Gasteiger partial charge in [-0.15, -0.1) is 0 Å². The number of aryl methyl sites for hydroxylation is 1. The van der Waals surface area contributed by atoms with Crippen molar-refractivity contribution >= 4 is 0 Å². The van der Waals surface area contributed by atoms with Gasteiger partial charge in [0.25, 0.3) is 0 Å². The number of hydrogen-bond donors (Lipinski definition) is 0. The second-order valence-corrected chi connectivity index (χ2v) is 4.26. The Kier molecular flexibility index (Phi) is 3.24. The molecule has 2 rings (SSSR count). The zero-order valence-corrected chi connectivity index (χ0v) is 9.13. The lowest BCUT2D eigenvalue weighted by molar-refractivity contribution is 0.148. The van der Waals surface area contributed by atoms with Crippen molar-refractivity contribution < 1.29 is 9.13 Å². The Balaban J connectivity index is 2.06. The monoisotopic (exact) mass is 208 g/mol. The summed E-state index contributed by atoms with van der Waals surface area (Å²) in [5.41, 5.74) is 0.656. The van der Waals surface area contributed by atoms with Gasteiger partial charge < -0.3 is 4.74 Å². The maximum absolute atomic E-state index is 13.6. The van der Waals surface area contributed by atoms with Crippen LogP contribution in [0.4, 0.5) is 4.39 Å². The molecule has 0 atom stereocenters. The molecule has 1 aromatic carbocycles. The first kappa shape index (κ1) is 10.5. The van der Waals surface area contributed by atoms with E-state index in [2.05, 4.69) is 0 Å². The molecule has 1 saturated carbocycles. The minimum absolute atomic E-state index is 0.205. The molecule has 1 aliphatic rings. The number of benzene rings is 1. The van der Waals surface area contributed by atoms with E-state index in [0.717, 1.165) is 12.8 Å². The topological polar surface area (TPSA) is 9.23 Å². The van der Waals surface area contributed by atoms with E-state index in [1.807, 2.05) is 6.07 Å². The highest BCUT2D eigenvalue weighted by Crippen LogP contribution is 2.26. The third-order valence-corrected chi connectivity index (χ3v) is 3.00. The van der Waals surface area contributed by atoms with Crippen LogP contribution in [-0.2, 0) is 0 Å². The van der Waals surface area contributed by atoms with Crippen LogP contribution in [0.5, 0.6) is 5.75 Å². The second-order valence-electron chi connectivity index (χ2n) is 4.26. The first-order valence-electron chi connectivity index (χ1n) is 5.69. The minimum atomic E-state index is -0.205. The van der Waals surface area contributed by atoms with Crippen LogP contribution in [0, 0.1) is 12.7 Å². The first-order valence-corrected chi connectivity index (χ1v) is 5.69. The predicted molar refractivity (Wildman–Crippen MR) is 58.6 cm³/mol. The van der Waals surface area contributed by atoms with Crippen molar-refractivity contribution in [3.8, 4) is 5.75 Å². The van der Waals surface area contributed by atoms with Crippen molar-refractivity contribution in [3.63, 3.8) is 0 Å². The molecule has 82 valence electrons. The molecule has 0 bridgehead atoms. The maximum atomic E-state index is 13.6. The summed E-state index contributed by atoms with van der Waals surface area (Å²) in [6.07, 6.45) is 6.04. The van der Waals surface area contributed by atoms with Gasteiger partial charge in [-0.05, 0) is 44.2 Å². The van der Waals surface area contributed by atoms with E-state index in [4.69, 9.17) is 4.74 Å². The van der Waals surface area contributed by atoms with Crippen LogP contribution in [0.1, 0.15) is 37.7 Å². The normalized spacial score (nSPS) is 17.7. The molecule has 1 nitrogen and oxygen atoms in total. The molecular formula is C13H17FO. The average Bonchev–Trinajstić information content (AvgIpc) is 2.26. The van der Waals surface area contributed by atoms with Crippen molar-refractivity contribution in [1.29, 1.82) is 0 Å². The van der Waals surface area contributed by atoms with Crippen LogP contribution in [0.25, 0.3) is 0 Å². The Labute approximate surface area is 90.3 Å². The summed E-state index contributed by atoms with van der Waals surface area (Å²) in [4.78, 5) is 0. The van der Waals surface area contributed by atoms with Crippen molar-refractivity contribution in [3.05, 3.63) is 29.6 Å². The SMILES string of the molecule is Cc1cccc(OC2CCCCC2)c1F. The van der Waals surface area contributed by atoms with E-state index in [1.165, 1.54) is 19.3 Å². The minimum Gasteiger partial charge on any atom is -0.487 e. The molecule has 0 N–H and O–H groups in total. The highest BCUT2D eigenvalue weighted by Gasteiger charge is 2.16. The summed E-state index contributed by atoms with van der Waals surface area (Å²) in [5.74, 6) is 0.213. The van der Waals surface area contributed by atoms with Crippen molar-refractivity contribution in [2.24, 2.45) is 0 Å². The largest absolute Gasteiger partial charge is 0.487 e.